The molecule has 28 heavy (non-hydrogen) atoms. The molecule has 1 aromatic carbocycles. The van der Waals surface area contributed by atoms with Gasteiger partial charge in [0.1, 0.15) is 5.69 Å². The standard InChI is InChI=1S/C22H23N5O/c28-22(26-18-5-8-20(9-6-18)27-12-1-2-13-27)21-10-7-19(16-25-21)24-15-17-4-3-11-23-14-17/h3-11,14,16,24H,1-2,12-13,15H2,(H,26,28). The summed E-state index contributed by atoms with van der Waals surface area (Å²) in [4.78, 5) is 23.2. The number of pyridine rings is 2. The van der Waals surface area contributed by atoms with E-state index in [0.717, 1.165) is 30.0 Å². The van der Waals surface area contributed by atoms with E-state index in [1.54, 1.807) is 18.5 Å². The molecule has 0 unspecified atom stereocenters. The van der Waals surface area contributed by atoms with Crippen LogP contribution in [0.2, 0.25) is 0 Å². The van der Waals surface area contributed by atoms with Crippen molar-refractivity contribution in [2.45, 2.75) is 19.4 Å². The zero-order chi connectivity index (χ0) is 19.2. The Kier molecular flexibility index (Phi) is 5.47. The van der Waals surface area contributed by atoms with Crippen molar-refractivity contribution in [3.63, 3.8) is 0 Å². The van der Waals surface area contributed by atoms with Crippen LogP contribution in [-0.4, -0.2) is 29.0 Å². The first kappa shape index (κ1) is 18.0. The van der Waals surface area contributed by atoms with Gasteiger partial charge in [0.25, 0.3) is 5.91 Å². The lowest BCUT2D eigenvalue weighted by atomic mass is 10.2. The van der Waals surface area contributed by atoms with Gasteiger partial charge in [-0.2, -0.15) is 0 Å². The number of aromatic nitrogens is 2. The van der Waals surface area contributed by atoms with Gasteiger partial charge in [-0.1, -0.05) is 6.07 Å². The maximum absolute atomic E-state index is 12.4. The number of hydrogen-bond acceptors (Lipinski definition) is 5. The SMILES string of the molecule is O=C(Nc1ccc(N2CCCC2)cc1)c1ccc(NCc2cccnc2)cn1. The molecular formula is C22H23N5O. The molecule has 1 aliphatic heterocycles. The highest BCUT2D eigenvalue weighted by Crippen LogP contribution is 2.22. The molecule has 1 saturated heterocycles. The Morgan fingerprint density at radius 1 is 0.964 bits per heavy atom. The quantitative estimate of drug-likeness (QED) is 0.685. The summed E-state index contributed by atoms with van der Waals surface area (Å²) in [5.41, 5.74) is 4.30. The second-order valence-corrected chi connectivity index (χ2v) is 6.84. The van der Waals surface area contributed by atoms with Crippen molar-refractivity contribution in [1.29, 1.82) is 0 Å². The zero-order valence-electron chi connectivity index (χ0n) is 15.6. The number of rotatable bonds is 6. The first-order valence-corrected chi connectivity index (χ1v) is 9.53. The van der Waals surface area contributed by atoms with Crippen LogP contribution in [0.15, 0.2) is 67.1 Å². The molecule has 4 rings (SSSR count). The molecule has 0 aliphatic carbocycles. The Balaban J connectivity index is 1.33. The van der Waals surface area contributed by atoms with E-state index in [4.69, 9.17) is 0 Å². The first-order chi connectivity index (χ1) is 13.8. The van der Waals surface area contributed by atoms with Gasteiger partial charge in [-0.3, -0.25) is 9.78 Å². The second kappa shape index (κ2) is 8.52. The molecule has 6 heteroatoms. The molecule has 6 nitrogen and oxygen atoms in total. The normalized spacial score (nSPS) is 13.4. The van der Waals surface area contributed by atoms with E-state index < -0.39 is 0 Å². The number of anilines is 3. The summed E-state index contributed by atoms with van der Waals surface area (Å²) in [6, 6.07) is 15.5. The minimum absolute atomic E-state index is 0.215. The molecule has 2 N–H and O–H groups in total. The third kappa shape index (κ3) is 4.46. The molecular weight excluding hydrogens is 350 g/mol. The second-order valence-electron chi connectivity index (χ2n) is 6.84. The molecule has 0 saturated carbocycles. The summed E-state index contributed by atoms with van der Waals surface area (Å²) in [5.74, 6) is -0.215. The van der Waals surface area contributed by atoms with Gasteiger partial charge >= 0.3 is 0 Å². The highest BCUT2D eigenvalue weighted by Gasteiger charge is 2.12. The highest BCUT2D eigenvalue weighted by atomic mass is 16.1. The molecule has 0 atom stereocenters. The molecule has 3 aromatic rings. The average Bonchev–Trinajstić information content (AvgIpc) is 3.29. The van der Waals surface area contributed by atoms with Crippen molar-refractivity contribution in [2.75, 3.05) is 28.6 Å². The third-order valence-electron chi connectivity index (χ3n) is 4.81. The monoisotopic (exact) mass is 373 g/mol. The Hall–Kier alpha value is -3.41. The van der Waals surface area contributed by atoms with E-state index in [9.17, 15) is 4.79 Å². The number of amides is 1. The summed E-state index contributed by atoms with van der Waals surface area (Å²) in [5, 5.41) is 6.18. The average molecular weight is 373 g/mol. The van der Waals surface area contributed by atoms with Gasteiger partial charge in [0.05, 0.1) is 11.9 Å². The number of hydrogen-bond donors (Lipinski definition) is 2. The highest BCUT2D eigenvalue weighted by molar-refractivity contribution is 6.03. The number of carbonyl (C=O) groups is 1. The van der Waals surface area contributed by atoms with Gasteiger partial charge in [0.2, 0.25) is 0 Å². The van der Waals surface area contributed by atoms with Crippen molar-refractivity contribution >= 4 is 23.0 Å². The number of nitrogens with zero attached hydrogens (tertiary/aromatic N) is 3. The van der Waals surface area contributed by atoms with Gasteiger partial charge in [-0.05, 0) is 60.9 Å². The van der Waals surface area contributed by atoms with Crippen molar-refractivity contribution in [3.05, 3.63) is 78.4 Å². The molecule has 1 fully saturated rings. The predicted molar refractivity (Wildman–Crippen MR) is 112 cm³/mol. The van der Waals surface area contributed by atoms with Crippen LogP contribution in [0.25, 0.3) is 0 Å². The summed E-state index contributed by atoms with van der Waals surface area (Å²) in [7, 11) is 0. The number of nitrogens with one attached hydrogen (secondary N) is 2. The van der Waals surface area contributed by atoms with Crippen LogP contribution < -0.4 is 15.5 Å². The van der Waals surface area contributed by atoms with E-state index in [1.165, 1.54) is 18.5 Å². The third-order valence-corrected chi connectivity index (χ3v) is 4.81. The minimum atomic E-state index is -0.215. The lowest BCUT2D eigenvalue weighted by Gasteiger charge is -2.17. The lowest BCUT2D eigenvalue weighted by molar-refractivity contribution is 0.102. The molecule has 0 radical (unpaired) electrons. The molecule has 1 aliphatic rings. The molecule has 0 bridgehead atoms. The summed E-state index contributed by atoms with van der Waals surface area (Å²) >= 11 is 0. The molecule has 142 valence electrons. The number of benzene rings is 1. The molecule has 1 amide bonds. The fourth-order valence-corrected chi connectivity index (χ4v) is 3.27. The van der Waals surface area contributed by atoms with E-state index in [1.807, 2.05) is 36.5 Å². The van der Waals surface area contributed by atoms with Crippen LogP contribution in [0.5, 0.6) is 0 Å². The largest absolute Gasteiger partial charge is 0.380 e. The Morgan fingerprint density at radius 3 is 2.43 bits per heavy atom. The maximum atomic E-state index is 12.4. The van der Waals surface area contributed by atoms with Crippen LogP contribution in [-0.2, 0) is 6.54 Å². The Labute approximate surface area is 164 Å². The van der Waals surface area contributed by atoms with E-state index in [0.29, 0.717) is 12.2 Å². The smallest absolute Gasteiger partial charge is 0.274 e. The minimum Gasteiger partial charge on any atom is -0.380 e. The van der Waals surface area contributed by atoms with E-state index in [2.05, 4.69) is 37.6 Å². The maximum Gasteiger partial charge on any atom is 0.274 e. The zero-order valence-corrected chi connectivity index (χ0v) is 15.6. The summed E-state index contributed by atoms with van der Waals surface area (Å²) in [6.45, 7) is 2.87. The topological polar surface area (TPSA) is 70.2 Å². The van der Waals surface area contributed by atoms with Crippen molar-refractivity contribution < 1.29 is 4.79 Å². The van der Waals surface area contributed by atoms with Gasteiger partial charge in [0, 0.05) is 43.4 Å². The summed E-state index contributed by atoms with van der Waals surface area (Å²) < 4.78 is 0. The van der Waals surface area contributed by atoms with E-state index >= 15 is 0 Å². The molecule has 2 aromatic heterocycles. The van der Waals surface area contributed by atoms with Gasteiger partial charge in [-0.15, -0.1) is 0 Å². The van der Waals surface area contributed by atoms with Gasteiger partial charge in [-0.25, -0.2) is 4.98 Å². The van der Waals surface area contributed by atoms with E-state index in [-0.39, 0.29) is 5.91 Å². The van der Waals surface area contributed by atoms with Gasteiger partial charge < -0.3 is 15.5 Å². The number of carbonyl (C=O) groups excluding carboxylic acids is 1. The van der Waals surface area contributed by atoms with Crippen LogP contribution in [0, 0.1) is 0 Å². The molecule has 0 spiro atoms. The fourth-order valence-electron chi connectivity index (χ4n) is 3.27. The van der Waals surface area contributed by atoms with Gasteiger partial charge in [0.15, 0.2) is 0 Å². The van der Waals surface area contributed by atoms with Crippen molar-refractivity contribution in [3.8, 4) is 0 Å². The molecule has 3 heterocycles. The fraction of sp³-hybridized carbons (Fsp3) is 0.227. The van der Waals surface area contributed by atoms with Crippen molar-refractivity contribution in [1.82, 2.24) is 9.97 Å². The first-order valence-electron chi connectivity index (χ1n) is 9.53. The van der Waals surface area contributed by atoms with Crippen LogP contribution >= 0.6 is 0 Å². The predicted octanol–water partition coefficient (Wildman–Crippen LogP) is 3.94. The summed E-state index contributed by atoms with van der Waals surface area (Å²) in [6.07, 6.45) is 7.73. The van der Waals surface area contributed by atoms with Crippen molar-refractivity contribution in [2.24, 2.45) is 0 Å². The van der Waals surface area contributed by atoms with Crippen LogP contribution in [0.1, 0.15) is 28.9 Å². The van der Waals surface area contributed by atoms with Crippen LogP contribution in [0.3, 0.4) is 0 Å². The van der Waals surface area contributed by atoms with Crippen LogP contribution in [0.4, 0.5) is 17.1 Å². The lowest BCUT2D eigenvalue weighted by Crippen LogP contribution is -2.17. The Bertz CT molecular complexity index is 904. The Morgan fingerprint density at radius 2 is 1.75 bits per heavy atom.